The van der Waals surface area contributed by atoms with Crippen molar-refractivity contribution in [2.24, 2.45) is 0 Å². The average Bonchev–Trinajstić information content (AvgIpc) is 3.51. The molecule has 4 rings (SSSR count). The Hall–Kier alpha value is -2.51. The van der Waals surface area contributed by atoms with Crippen molar-refractivity contribution in [3.8, 4) is 5.75 Å². The SMILES string of the molecule is O=C([C@@H]1C[C@@H](O)CN1C(=O)CCCOc1ccccc1CCc1ccccc1)N1CCSC1. The average molecular weight is 469 g/mol. The van der Waals surface area contributed by atoms with Crippen LogP contribution in [-0.2, 0) is 22.4 Å². The van der Waals surface area contributed by atoms with Crippen LogP contribution in [0.1, 0.15) is 30.4 Å². The number of para-hydroxylation sites is 1. The molecular formula is C26H32N2O4S. The molecule has 0 saturated carbocycles. The number of amides is 2. The summed E-state index contributed by atoms with van der Waals surface area (Å²) in [6.07, 6.45) is 2.41. The van der Waals surface area contributed by atoms with Crippen LogP contribution in [0.4, 0.5) is 0 Å². The molecule has 0 bridgehead atoms. The summed E-state index contributed by atoms with van der Waals surface area (Å²) in [6.45, 7) is 1.39. The quantitative estimate of drug-likeness (QED) is 0.573. The van der Waals surface area contributed by atoms with Crippen LogP contribution >= 0.6 is 11.8 Å². The van der Waals surface area contributed by atoms with Crippen LogP contribution < -0.4 is 4.74 Å². The lowest BCUT2D eigenvalue weighted by molar-refractivity contribution is -0.143. The van der Waals surface area contributed by atoms with E-state index in [2.05, 4.69) is 30.3 Å². The number of aliphatic hydroxyl groups excluding tert-OH is 1. The molecule has 176 valence electrons. The van der Waals surface area contributed by atoms with Crippen molar-refractivity contribution in [3.63, 3.8) is 0 Å². The molecule has 7 heteroatoms. The van der Waals surface area contributed by atoms with Crippen LogP contribution in [0.2, 0.25) is 0 Å². The molecule has 2 aromatic rings. The van der Waals surface area contributed by atoms with Crippen molar-refractivity contribution in [1.82, 2.24) is 9.80 Å². The second kappa shape index (κ2) is 11.6. The maximum Gasteiger partial charge on any atom is 0.246 e. The fourth-order valence-electron chi connectivity index (χ4n) is 4.45. The minimum atomic E-state index is -0.633. The van der Waals surface area contributed by atoms with Gasteiger partial charge in [-0.25, -0.2) is 0 Å². The molecule has 2 saturated heterocycles. The van der Waals surface area contributed by atoms with Gasteiger partial charge in [0.2, 0.25) is 11.8 Å². The largest absolute Gasteiger partial charge is 0.493 e. The number of β-amino-alcohol motifs (C(OH)–C–C–N with tert-alkyl or cyclic N) is 1. The van der Waals surface area contributed by atoms with Gasteiger partial charge >= 0.3 is 0 Å². The lowest BCUT2D eigenvalue weighted by Gasteiger charge is -2.27. The monoisotopic (exact) mass is 468 g/mol. The Morgan fingerprint density at radius 3 is 2.64 bits per heavy atom. The number of aliphatic hydroxyl groups is 1. The standard InChI is InChI=1S/C26H32N2O4S/c29-22-17-23(26(31)27-14-16-33-19-27)28(18-22)25(30)11-6-15-32-24-10-5-4-9-21(24)13-12-20-7-2-1-3-8-20/h1-5,7-10,22-23,29H,6,11-19H2/t22-,23+/m1/s1. The highest BCUT2D eigenvalue weighted by Crippen LogP contribution is 2.25. The Balaban J connectivity index is 1.25. The molecule has 2 aliphatic heterocycles. The zero-order valence-electron chi connectivity index (χ0n) is 18.9. The van der Waals surface area contributed by atoms with Crippen molar-refractivity contribution < 1.29 is 19.4 Å². The number of ether oxygens (including phenoxy) is 1. The molecule has 1 N–H and O–H groups in total. The smallest absolute Gasteiger partial charge is 0.246 e. The summed E-state index contributed by atoms with van der Waals surface area (Å²) < 4.78 is 6.02. The maximum absolute atomic E-state index is 12.8. The molecule has 2 atom stereocenters. The molecule has 2 heterocycles. The van der Waals surface area contributed by atoms with Gasteiger partial charge in [-0.05, 0) is 36.5 Å². The summed E-state index contributed by atoms with van der Waals surface area (Å²) in [5.74, 6) is 2.34. The Morgan fingerprint density at radius 2 is 1.85 bits per heavy atom. The highest BCUT2D eigenvalue weighted by Gasteiger charge is 2.40. The fourth-order valence-corrected chi connectivity index (χ4v) is 5.40. The highest BCUT2D eigenvalue weighted by atomic mass is 32.2. The Bertz CT molecular complexity index is 933. The molecule has 0 unspecified atom stereocenters. The summed E-state index contributed by atoms with van der Waals surface area (Å²) in [5, 5.41) is 10.1. The van der Waals surface area contributed by atoms with Crippen LogP contribution in [0.15, 0.2) is 54.6 Å². The van der Waals surface area contributed by atoms with E-state index in [1.165, 1.54) is 5.56 Å². The number of carbonyl (C=O) groups is 2. The highest BCUT2D eigenvalue weighted by molar-refractivity contribution is 7.99. The molecule has 0 spiro atoms. The molecule has 2 aliphatic rings. The van der Waals surface area contributed by atoms with E-state index >= 15 is 0 Å². The number of likely N-dealkylation sites (tertiary alicyclic amines) is 1. The second-order valence-electron chi connectivity index (χ2n) is 8.64. The van der Waals surface area contributed by atoms with Gasteiger partial charge in [0.25, 0.3) is 0 Å². The normalized spacial score (nSPS) is 20.3. The zero-order chi connectivity index (χ0) is 23.0. The van der Waals surface area contributed by atoms with Gasteiger partial charge in [0.15, 0.2) is 0 Å². The first kappa shape index (κ1) is 23.6. The van der Waals surface area contributed by atoms with E-state index in [1.54, 1.807) is 21.6 Å². The number of aryl methyl sites for hydroxylation is 2. The second-order valence-corrected chi connectivity index (χ2v) is 9.71. The van der Waals surface area contributed by atoms with Gasteiger partial charge in [-0.3, -0.25) is 9.59 Å². The Morgan fingerprint density at radius 1 is 1.06 bits per heavy atom. The van der Waals surface area contributed by atoms with Gasteiger partial charge in [-0.1, -0.05) is 48.5 Å². The van der Waals surface area contributed by atoms with E-state index in [4.69, 9.17) is 4.74 Å². The third kappa shape index (κ3) is 6.30. The van der Waals surface area contributed by atoms with Gasteiger partial charge in [-0.15, -0.1) is 11.8 Å². The van der Waals surface area contributed by atoms with Gasteiger partial charge in [0.05, 0.1) is 18.6 Å². The number of nitrogens with zero attached hydrogens (tertiary/aromatic N) is 2. The van der Waals surface area contributed by atoms with Crippen molar-refractivity contribution in [1.29, 1.82) is 0 Å². The summed E-state index contributed by atoms with van der Waals surface area (Å²) in [4.78, 5) is 29.0. The number of hydrogen-bond donors (Lipinski definition) is 1. The Labute approximate surface area is 199 Å². The molecule has 0 aromatic heterocycles. The molecule has 0 radical (unpaired) electrons. The van der Waals surface area contributed by atoms with Crippen molar-refractivity contribution in [3.05, 3.63) is 65.7 Å². The van der Waals surface area contributed by atoms with Crippen molar-refractivity contribution in [2.45, 2.75) is 44.2 Å². The van der Waals surface area contributed by atoms with Crippen LogP contribution in [0.25, 0.3) is 0 Å². The first-order valence-electron chi connectivity index (χ1n) is 11.7. The third-order valence-corrected chi connectivity index (χ3v) is 7.21. The maximum atomic E-state index is 12.8. The molecule has 2 aromatic carbocycles. The van der Waals surface area contributed by atoms with Crippen LogP contribution in [-0.4, -0.2) is 70.2 Å². The first-order chi connectivity index (χ1) is 16.1. The molecule has 2 amide bonds. The molecular weight excluding hydrogens is 436 g/mol. The fraction of sp³-hybridized carbons (Fsp3) is 0.462. The first-order valence-corrected chi connectivity index (χ1v) is 12.9. The Kier molecular flexibility index (Phi) is 8.29. The molecule has 33 heavy (non-hydrogen) atoms. The van der Waals surface area contributed by atoms with E-state index in [9.17, 15) is 14.7 Å². The number of thioether (sulfide) groups is 1. The van der Waals surface area contributed by atoms with E-state index in [-0.39, 0.29) is 18.4 Å². The lowest BCUT2D eigenvalue weighted by atomic mass is 10.0. The van der Waals surface area contributed by atoms with Gasteiger partial charge < -0.3 is 19.6 Å². The van der Waals surface area contributed by atoms with Gasteiger partial charge in [0.1, 0.15) is 11.8 Å². The van der Waals surface area contributed by atoms with Gasteiger partial charge in [-0.2, -0.15) is 0 Å². The van der Waals surface area contributed by atoms with E-state index in [1.807, 2.05) is 24.3 Å². The molecule has 6 nitrogen and oxygen atoms in total. The summed E-state index contributed by atoms with van der Waals surface area (Å²) in [7, 11) is 0. The van der Waals surface area contributed by atoms with E-state index < -0.39 is 12.1 Å². The van der Waals surface area contributed by atoms with E-state index in [0.29, 0.717) is 31.7 Å². The van der Waals surface area contributed by atoms with Crippen LogP contribution in [0.5, 0.6) is 5.75 Å². The number of rotatable bonds is 9. The van der Waals surface area contributed by atoms with Crippen molar-refractivity contribution in [2.75, 3.05) is 31.3 Å². The molecule has 0 aliphatic carbocycles. The van der Waals surface area contributed by atoms with Crippen LogP contribution in [0, 0.1) is 0 Å². The minimum absolute atomic E-state index is 0.0338. The number of hydrogen-bond acceptors (Lipinski definition) is 5. The predicted octanol–water partition coefficient (Wildman–Crippen LogP) is 3.13. The third-order valence-electron chi connectivity index (χ3n) is 6.24. The molecule has 2 fully saturated rings. The predicted molar refractivity (Wildman–Crippen MR) is 130 cm³/mol. The van der Waals surface area contributed by atoms with Crippen LogP contribution in [0.3, 0.4) is 0 Å². The van der Waals surface area contributed by atoms with Gasteiger partial charge in [0, 0.05) is 31.7 Å². The summed E-state index contributed by atoms with van der Waals surface area (Å²) >= 11 is 1.72. The lowest BCUT2D eigenvalue weighted by Crippen LogP contribution is -2.47. The number of carbonyl (C=O) groups excluding carboxylic acids is 2. The minimum Gasteiger partial charge on any atom is -0.493 e. The van der Waals surface area contributed by atoms with E-state index in [0.717, 1.165) is 36.5 Å². The number of benzene rings is 2. The topological polar surface area (TPSA) is 70.1 Å². The zero-order valence-corrected chi connectivity index (χ0v) is 19.7. The summed E-state index contributed by atoms with van der Waals surface area (Å²) in [6, 6.07) is 17.9. The summed E-state index contributed by atoms with van der Waals surface area (Å²) in [5.41, 5.74) is 2.45. The van der Waals surface area contributed by atoms with Crippen molar-refractivity contribution >= 4 is 23.6 Å².